The Morgan fingerprint density at radius 1 is 1.38 bits per heavy atom. The summed E-state index contributed by atoms with van der Waals surface area (Å²) in [6, 6.07) is -0.148. The molecule has 0 bridgehead atoms. The van der Waals surface area contributed by atoms with Gasteiger partial charge < -0.3 is 0 Å². The van der Waals surface area contributed by atoms with Crippen molar-refractivity contribution in [1.82, 2.24) is 0 Å². The smallest absolute Gasteiger partial charge is 0.233 e. The maximum absolute atomic E-state index is 10.1. The highest BCUT2D eigenvalue weighted by Gasteiger charge is 2.41. The second-order valence-corrected chi connectivity index (χ2v) is 3.05. The SMILES string of the molecule is [C-]#[N+]C([N+]#[C-])C1CCCC1N=C=O. The number of hydrogen-bond donors (Lipinski definition) is 0. The van der Waals surface area contributed by atoms with E-state index in [0.717, 1.165) is 19.3 Å². The maximum atomic E-state index is 10.1. The van der Waals surface area contributed by atoms with Crippen LogP contribution in [0.3, 0.4) is 0 Å². The van der Waals surface area contributed by atoms with Crippen LogP contribution in [0, 0.1) is 19.1 Å². The van der Waals surface area contributed by atoms with Gasteiger partial charge in [-0.25, -0.2) is 32.6 Å². The summed E-state index contributed by atoms with van der Waals surface area (Å²) in [6.45, 7) is 13.6. The quantitative estimate of drug-likeness (QED) is 0.357. The van der Waals surface area contributed by atoms with Crippen molar-refractivity contribution in [3.63, 3.8) is 0 Å². The van der Waals surface area contributed by atoms with Crippen molar-refractivity contribution < 1.29 is 4.79 Å². The van der Waals surface area contributed by atoms with Crippen LogP contribution in [0.4, 0.5) is 0 Å². The molecule has 0 aromatic heterocycles. The molecular formula is C9H9N3O. The van der Waals surface area contributed by atoms with Crippen LogP contribution < -0.4 is 0 Å². The number of isocyanates is 1. The Balaban J connectivity index is 2.74. The minimum Gasteiger partial charge on any atom is -0.233 e. The van der Waals surface area contributed by atoms with Crippen molar-refractivity contribution in [3.8, 4) is 0 Å². The monoisotopic (exact) mass is 175 g/mol. The Morgan fingerprint density at radius 3 is 2.62 bits per heavy atom. The Hall–Kier alpha value is -1.64. The summed E-state index contributed by atoms with van der Waals surface area (Å²) in [4.78, 5) is 20.1. The van der Waals surface area contributed by atoms with E-state index in [0.29, 0.717) is 0 Å². The molecule has 0 heterocycles. The predicted molar refractivity (Wildman–Crippen MR) is 46.2 cm³/mol. The van der Waals surface area contributed by atoms with Gasteiger partial charge >= 0.3 is 6.17 Å². The summed E-state index contributed by atoms with van der Waals surface area (Å²) in [5.41, 5.74) is 0. The number of carbonyl (C=O) groups excluding carboxylic acids is 1. The van der Waals surface area contributed by atoms with Gasteiger partial charge in [-0.3, -0.25) is 0 Å². The number of rotatable bonds is 2. The van der Waals surface area contributed by atoms with Gasteiger partial charge in [-0.15, -0.1) is 0 Å². The minimum atomic E-state index is -0.662. The van der Waals surface area contributed by atoms with Crippen molar-refractivity contribution in [2.45, 2.75) is 31.5 Å². The van der Waals surface area contributed by atoms with Crippen LogP contribution in [-0.4, -0.2) is 18.3 Å². The zero-order valence-corrected chi connectivity index (χ0v) is 7.10. The highest BCUT2D eigenvalue weighted by Crippen LogP contribution is 2.32. The van der Waals surface area contributed by atoms with Crippen LogP contribution >= 0.6 is 0 Å². The first-order chi connectivity index (χ1) is 6.33. The highest BCUT2D eigenvalue weighted by atomic mass is 16.1. The molecule has 1 aliphatic carbocycles. The largest absolute Gasteiger partial charge is 0.479 e. The van der Waals surface area contributed by atoms with Crippen LogP contribution in [0.5, 0.6) is 0 Å². The topological polar surface area (TPSA) is 38.1 Å². The first-order valence-electron chi connectivity index (χ1n) is 4.13. The summed E-state index contributed by atoms with van der Waals surface area (Å²) in [6.07, 6.45) is 3.43. The molecule has 66 valence electrons. The maximum Gasteiger partial charge on any atom is 0.479 e. The molecule has 0 aromatic carbocycles. The molecule has 0 aliphatic heterocycles. The number of nitrogens with zero attached hydrogens (tertiary/aromatic N) is 3. The fourth-order valence-electron chi connectivity index (χ4n) is 1.77. The lowest BCUT2D eigenvalue weighted by Gasteiger charge is -2.06. The molecule has 4 nitrogen and oxygen atoms in total. The van der Waals surface area contributed by atoms with Gasteiger partial charge in [-0.1, -0.05) is 6.42 Å². The molecule has 0 spiro atoms. The minimum absolute atomic E-state index is 0.0588. The third kappa shape index (κ3) is 1.93. The van der Waals surface area contributed by atoms with Crippen LogP contribution in [0.25, 0.3) is 9.69 Å². The summed E-state index contributed by atoms with van der Waals surface area (Å²) in [7, 11) is 0. The van der Waals surface area contributed by atoms with Crippen molar-refractivity contribution in [3.05, 3.63) is 22.8 Å². The van der Waals surface area contributed by atoms with Crippen molar-refractivity contribution >= 4 is 6.08 Å². The molecule has 2 atom stereocenters. The van der Waals surface area contributed by atoms with Gasteiger partial charge in [-0.2, -0.15) is 0 Å². The molecule has 4 heteroatoms. The van der Waals surface area contributed by atoms with E-state index in [1.165, 1.54) is 6.08 Å². The van der Waals surface area contributed by atoms with E-state index in [1.807, 2.05) is 0 Å². The summed E-state index contributed by atoms with van der Waals surface area (Å²) >= 11 is 0. The normalized spacial score (nSPS) is 26.1. The van der Waals surface area contributed by atoms with Gasteiger partial charge in [0.25, 0.3) is 0 Å². The van der Waals surface area contributed by atoms with Crippen LogP contribution in [0.1, 0.15) is 19.3 Å². The Kier molecular flexibility index (Phi) is 3.20. The zero-order valence-electron chi connectivity index (χ0n) is 7.10. The van der Waals surface area contributed by atoms with E-state index in [1.54, 1.807) is 0 Å². The third-order valence-electron chi connectivity index (χ3n) is 2.40. The van der Waals surface area contributed by atoms with Gasteiger partial charge in [0.05, 0.1) is 6.04 Å². The van der Waals surface area contributed by atoms with Crippen LogP contribution in [-0.2, 0) is 4.79 Å². The van der Waals surface area contributed by atoms with Crippen LogP contribution in [0.15, 0.2) is 4.99 Å². The molecule has 13 heavy (non-hydrogen) atoms. The molecule has 1 rings (SSSR count). The van der Waals surface area contributed by atoms with E-state index in [-0.39, 0.29) is 12.0 Å². The second-order valence-electron chi connectivity index (χ2n) is 3.05. The van der Waals surface area contributed by atoms with Gasteiger partial charge in [0.2, 0.25) is 6.08 Å². The van der Waals surface area contributed by atoms with Crippen molar-refractivity contribution in [1.29, 1.82) is 0 Å². The molecule has 0 amide bonds. The van der Waals surface area contributed by atoms with E-state index in [9.17, 15) is 4.79 Å². The number of hydrogen-bond acceptors (Lipinski definition) is 2. The van der Waals surface area contributed by atoms with Gasteiger partial charge in [-0.05, 0) is 12.8 Å². The molecule has 0 aromatic rings. The standard InChI is InChI=1S/C9H9N3O/c1-10-9(11-2)7-4-3-5-8(7)12-6-13/h7-9H,3-5H2. The molecule has 0 radical (unpaired) electrons. The molecule has 0 saturated heterocycles. The zero-order chi connectivity index (χ0) is 9.68. The first kappa shape index (κ1) is 9.45. The average molecular weight is 175 g/mol. The summed E-state index contributed by atoms with van der Waals surface area (Å²) < 4.78 is 0. The average Bonchev–Trinajstić information content (AvgIpc) is 2.57. The lowest BCUT2D eigenvalue weighted by atomic mass is 10.0. The van der Waals surface area contributed by atoms with E-state index in [4.69, 9.17) is 13.1 Å². The molecule has 1 aliphatic rings. The number of aliphatic imine (C=N–C) groups is 1. The summed E-state index contributed by atoms with van der Waals surface area (Å²) in [5, 5.41) is 0. The molecule has 2 unspecified atom stereocenters. The molecule has 0 N–H and O–H groups in total. The lowest BCUT2D eigenvalue weighted by Crippen LogP contribution is -2.21. The molecule has 1 fully saturated rings. The fourth-order valence-corrected chi connectivity index (χ4v) is 1.77. The van der Waals surface area contributed by atoms with E-state index < -0.39 is 6.17 Å². The molecule has 1 saturated carbocycles. The van der Waals surface area contributed by atoms with Gasteiger partial charge in [0, 0.05) is 0 Å². The highest BCUT2D eigenvalue weighted by molar-refractivity contribution is 5.34. The lowest BCUT2D eigenvalue weighted by molar-refractivity contribution is 0.463. The first-order valence-corrected chi connectivity index (χ1v) is 4.13. The predicted octanol–water partition coefficient (Wildman–Crippen LogP) is 1.66. The van der Waals surface area contributed by atoms with Crippen LogP contribution in [0.2, 0.25) is 0 Å². The van der Waals surface area contributed by atoms with E-state index in [2.05, 4.69) is 14.7 Å². The van der Waals surface area contributed by atoms with Crippen molar-refractivity contribution in [2.75, 3.05) is 0 Å². The Morgan fingerprint density at radius 2 is 2.08 bits per heavy atom. The molecular weight excluding hydrogens is 166 g/mol. The Bertz CT molecular complexity index is 292. The second kappa shape index (κ2) is 4.40. The fraction of sp³-hybridized carbons (Fsp3) is 0.667. The Labute approximate surface area is 76.9 Å². The van der Waals surface area contributed by atoms with Gasteiger partial charge in [0.1, 0.15) is 5.92 Å². The third-order valence-corrected chi connectivity index (χ3v) is 2.40. The summed E-state index contributed by atoms with van der Waals surface area (Å²) in [5.74, 6) is -0.0588. The van der Waals surface area contributed by atoms with Gasteiger partial charge in [0.15, 0.2) is 0 Å². The van der Waals surface area contributed by atoms with Crippen molar-refractivity contribution in [2.24, 2.45) is 10.9 Å². The van der Waals surface area contributed by atoms with E-state index >= 15 is 0 Å².